The van der Waals surface area contributed by atoms with Crippen LogP contribution in [-0.4, -0.2) is 52.3 Å². The van der Waals surface area contributed by atoms with Gasteiger partial charge in [0, 0.05) is 25.6 Å². The summed E-state index contributed by atoms with van der Waals surface area (Å²) in [5.41, 5.74) is -1.27. The van der Waals surface area contributed by atoms with E-state index in [1.807, 2.05) is 0 Å². The van der Waals surface area contributed by atoms with Crippen molar-refractivity contribution >= 4 is 12.0 Å². The summed E-state index contributed by atoms with van der Waals surface area (Å²) in [5.74, 6) is -0.961. The molecule has 1 rings (SSSR count). The molecule has 0 spiro atoms. The maximum absolute atomic E-state index is 11.7. The number of nitrogens with one attached hydrogen (secondary N) is 1. The van der Waals surface area contributed by atoms with Gasteiger partial charge in [-0.15, -0.1) is 0 Å². The highest BCUT2D eigenvalue weighted by molar-refractivity contribution is 5.85. The predicted octanol–water partition coefficient (Wildman–Crippen LogP) is -0.127. The fourth-order valence-electron chi connectivity index (χ4n) is 1.57. The van der Waals surface area contributed by atoms with Crippen molar-refractivity contribution in [3.63, 3.8) is 0 Å². The number of rotatable bonds is 3. The van der Waals surface area contributed by atoms with Gasteiger partial charge in [0.1, 0.15) is 5.54 Å². The fraction of sp³-hybridized carbons (Fsp3) is 0.800. The number of carbonyl (C=O) groups is 2. The van der Waals surface area contributed by atoms with Gasteiger partial charge in [-0.1, -0.05) is 0 Å². The molecule has 6 nitrogen and oxygen atoms in total. The minimum atomic E-state index is -1.27. The van der Waals surface area contributed by atoms with E-state index in [-0.39, 0.29) is 18.6 Å². The van der Waals surface area contributed by atoms with Crippen molar-refractivity contribution in [1.82, 2.24) is 10.2 Å². The first-order valence-corrected chi connectivity index (χ1v) is 5.28. The van der Waals surface area contributed by atoms with E-state index in [1.54, 1.807) is 0 Å². The van der Waals surface area contributed by atoms with E-state index in [1.165, 1.54) is 18.7 Å². The highest BCUT2D eigenvalue weighted by Gasteiger charge is 2.33. The molecule has 1 aliphatic heterocycles. The molecule has 0 aromatic heterocycles. The Morgan fingerprint density at radius 2 is 2.12 bits per heavy atom. The predicted molar refractivity (Wildman–Crippen MR) is 57.0 cm³/mol. The van der Waals surface area contributed by atoms with Crippen LogP contribution in [0.1, 0.15) is 20.3 Å². The maximum atomic E-state index is 11.7. The first kappa shape index (κ1) is 12.8. The molecule has 0 saturated carbocycles. The lowest BCUT2D eigenvalue weighted by atomic mass is 10.1. The molecule has 92 valence electrons. The Kier molecular flexibility index (Phi) is 3.74. The summed E-state index contributed by atoms with van der Waals surface area (Å²) >= 11 is 0. The second kappa shape index (κ2) is 4.69. The number of amides is 2. The summed E-state index contributed by atoms with van der Waals surface area (Å²) in [6.07, 6.45) is 0.761. The molecule has 1 atom stereocenters. The van der Waals surface area contributed by atoms with Crippen LogP contribution < -0.4 is 5.32 Å². The van der Waals surface area contributed by atoms with Crippen LogP contribution in [0, 0.1) is 5.92 Å². The van der Waals surface area contributed by atoms with E-state index >= 15 is 0 Å². The van der Waals surface area contributed by atoms with Gasteiger partial charge in [-0.05, 0) is 20.3 Å². The van der Waals surface area contributed by atoms with Crippen molar-refractivity contribution in [2.45, 2.75) is 25.8 Å². The monoisotopic (exact) mass is 230 g/mol. The summed E-state index contributed by atoms with van der Waals surface area (Å²) in [6, 6.07) is -0.386. The Morgan fingerprint density at radius 1 is 1.50 bits per heavy atom. The molecule has 1 saturated heterocycles. The molecule has 1 fully saturated rings. The standard InChI is InChI=1S/C10H18N2O4/c1-10(2,8(14)15)11-9(16)12-4-3-7(5-12)6-13/h7,13H,3-6H2,1-2H3,(H,11,16)(H,14,15). The lowest BCUT2D eigenvalue weighted by Crippen LogP contribution is -2.53. The molecule has 6 heteroatoms. The van der Waals surface area contributed by atoms with Gasteiger partial charge in [-0.2, -0.15) is 0 Å². The smallest absolute Gasteiger partial charge is 0.328 e. The van der Waals surface area contributed by atoms with Crippen LogP contribution >= 0.6 is 0 Å². The molecule has 3 N–H and O–H groups in total. The number of aliphatic hydroxyl groups excluding tert-OH is 1. The summed E-state index contributed by atoms with van der Waals surface area (Å²) in [7, 11) is 0. The maximum Gasteiger partial charge on any atom is 0.328 e. The SMILES string of the molecule is CC(C)(NC(=O)N1CCC(CO)C1)C(=O)O. The van der Waals surface area contributed by atoms with Crippen molar-refractivity contribution < 1.29 is 19.8 Å². The summed E-state index contributed by atoms with van der Waals surface area (Å²) in [5, 5.41) is 20.2. The number of hydrogen-bond acceptors (Lipinski definition) is 3. The van der Waals surface area contributed by atoms with Crippen LogP contribution in [0.25, 0.3) is 0 Å². The van der Waals surface area contributed by atoms with Crippen LogP contribution in [-0.2, 0) is 4.79 Å². The summed E-state index contributed by atoms with van der Waals surface area (Å²) in [4.78, 5) is 24.0. The highest BCUT2D eigenvalue weighted by Crippen LogP contribution is 2.16. The molecule has 16 heavy (non-hydrogen) atoms. The van der Waals surface area contributed by atoms with E-state index in [2.05, 4.69) is 5.32 Å². The molecule has 0 bridgehead atoms. The zero-order valence-electron chi connectivity index (χ0n) is 9.56. The van der Waals surface area contributed by atoms with Gasteiger partial charge in [0.05, 0.1) is 0 Å². The summed E-state index contributed by atoms with van der Waals surface area (Å²) in [6.45, 7) is 3.98. The number of carboxylic acid groups (broad SMARTS) is 1. The van der Waals surface area contributed by atoms with Gasteiger partial charge in [-0.25, -0.2) is 9.59 Å². The largest absolute Gasteiger partial charge is 0.480 e. The zero-order valence-corrected chi connectivity index (χ0v) is 9.56. The molecular formula is C10H18N2O4. The topological polar surface area (TPSA) is 89.9 Å². The van der Waals surface area contributed by atoms with Gasteiger partial charge in [0.2, 0.25) is 0 Å². The van der Waals surface area contributed by atoms with Gasteiger partial charge < -0.3 is 20.4 Å². The second-order valence-electron chi connectivity index (χ2n) is 4.64. The van der Waals surface area contributed by atoms with Gasteiger partial charge in [0.25, 0.3) is 0 Å². The summed E-state index contributed by atoms with van der Waals surface area (Å²) < 4.78 is 0. The second-order valence-corrected chi connectivity index (χ2v) is 4.64. The third-order valence-electron chi connectivity index (χ3n) is 2.79. The van der Waals surface area contributed by atoms with Crippen molar-refractivity contribution in [1.29, 1.82) is 0 Å². The van der Waals surface area contributed by atoms with E-state index in [0.717, 1.165) is 6.42 Å². The number of carboxylic acids is 1. The number of likely N-dealkylation sites (tertiary alicyclic amines) is 1. The minimum absolute atomic E-state index is 0.0616. The highest BCUT2D eigenvalue weighted by atomic mass is 16.4. The van der Waals surface area contributed by atoms with E-state index in [0.29, 0.717) is 13.1 Å². The van der Waals surface area contributed by atoms with Crippen LogP contribution in [0.2, 0.25) is 0 Å². The molecule has 1 aliphatic rings. The van der Waals surface area contributed by atoms with Crippen molar-refractivity contribution in [2.24, 2.45) is 5.92 Å². The first-order chi connectivity index (χ1) is 7.36. The lowest BCUT2D eigenvalue weighted by molar-refractivity contribution is -0.143. The van der Waals surface area contributed by atoms with Crippen LogP contribution in [0.5, 0.6) is 0 Å². The van der Waals surface area contributed by atoms with Crippen LogP contribution in [0.3, 0.4) is 0 Å². The Bertz CT molecular complexity index is 291. The van der Waals surface area contributed by atoms with E-state index < -0.39 is 11.5 Å². The number of carbonyl (C=O) groups excluding carboxylic acids is 1. The van der Waals surface area contributed by atoms with Crippen LogP contribution in [0.4, 0.5) is 4.79 Å². The Balaban J connectivity index is 2.51. The Hall–Kier alpha value is -1.30. The number of aliphatic hydroxyl groups is 1. The molecule has 1 unspecified atom stereocenters. The molecule has 2 amide bonds. The number of nitrogens with zero attached hydrogens (tertiary/aromatic N) is 1. The minimum Gasteiger partial charge on any atom is -0.480 e. The fourth-order valence-corrected chi connectivity index (χ4v) is 1.57. The van der Waals surface area contributed by atoms with Gasteiger partial charge in [-0.3, -0.25) is 0 Å². The third kappa shape index (κ3) is 2.85. The zero-order chi connectivity index (χ0) is 12.3. The molecular weight excluding hydrogens is 212 g/mol. The van der Waals surface area contributed by atoms with Crippen molar-refractivity contribution in [3.05, 3.63) is 0 Å². The number of urea groups is 1. The Labute approximate surface area is 94.2 Å². The van der Waals surface area contributed by atoms with E-state index in [4.69, 9.17) is 10.2 Å². The number of hydrogen-bond donors (Lipinski definition) is 3. The van der Waals surface area contributed by atoms with E-state index in [9.17, 15) is 9.59 Å². The van der Waals surface area contributed by atoms with Crippen LogP contribution in [0.15, 0.2) is 0 Å². The quantitative estimate of drug-likeness (QED) is 0.630. The molecule has 0 radical (unpaired) electrons. The molecule has 0 aromatic carbocycles. The van der Waals surface area contributed by atoms with Crippen molar-refractivity contribution in [2.75, 3.05) is 19.7 Å². The third-order valence-corrected chi connectivity index (χ3v) is 2.79. The number of aliphatic carboxylic acids is 1. The lowest BCUT2D eigenvalue weighted by Gasteiger charge is -2.25. The first-order valence-electron chi connectivity index (χ1n) is 5.28. The van der Waals surface area contributed by atoms with Gasteiger partial charge >= 0.3 is 12.0 Å². The van der Waals surface area contributed by atoms with Crippen molar-refractivity contribution in [3.8, 4) is 0 Å². The Morgan fingerprint density at radius 3 is 2.56 bits per heavy atom. The molecule has 0 aromatic rings. The normalized spacial score (nSPS) is 20.9. The molecule has 0 aliphatic carbocycles. The van der Waals surface area contributed by atoms with Gasteiger partial charge in [0.15, 0.2) is 0 Å². The average Bonchev–Trinajstić information content (AvgIpc) is 2.64. The molecule has 1 heterocycles. The average molecular weight is 230 g/mol.